The molecule has 3 rings (SSSR count). The minimum Gasteiger partial charge on any atom is -0.157 e. The zero-order valence-corrected chi connectivity index (χ0v) is 19.6. The molecule has 0 radical (unpaired) electrons. The standard InChI is InChI=1S/C15H27N17/c1-13(2,3)30-21-10(18-26-30)16-24-29(12-20-28-32(23-12)15(7,8)9)25-17-11-19-27-31(22-11)14(4,5)6/h1-9H3/b24-16+,25-17+. The first-order valence-corrected chi connectivity index (χ1v) is 9.78. The summed E-state index contributed by atoms with van der Waals surface area (Å²) in [5.74, 6) is 0.0825. The number of hydrogen-bond acceptors (Lipinski definition) is 13. The van der Waals surface area contributed by atoms with Gasteiger partial charge >= 0.3 is 17.8 Å². The topological polar surface area (TPSA) is 183 Å². The van der Waals surface area contributed by atoms with Gasteiger partial charge in [0, 0.05) is 0 Å². The molecule has 0 N–H and O–H groups in total. The highest BCUT2D eigenvalue weighted by Crippen LogP contribution is 2.18. The Labute approximate surface area is 183 Å². The largest absolute Gasteiger partial charge is 0.311 e. The van der Waals surface area contributed by atoms with Gasteiger partial charge in [0.05, 0.1) is 16.6 Å². The molecule has 17 heteroatoms. The van der Waals surface area contributed by atoms with Crippen molar-refractivity contribution in [3.63, 3.8) is 0 Å². The second-order valence-electron chi connectivity index (χ2n) is 9.82. The van der Waals surface area contributed by atoms with E-state index < -0.39 is 5.54 Å². The van der Waals surface area contributed by atoms with Gasteiger partial charge in [0.1, 0.15) is 0 Å². The van der Waals surface area contributed by atoms with E-state index in [1.807, 2.05) is 62.3 Å². The molecule has 0 bridgehead atoms. The second-order valence-corrected chi connectivity index (χ2v) is 9.82. The fourth-order valence-electron chi connectivity index (χ4n) is 1.90. The Hall–Kier alpha value is -3.79. The molecule has 0 aliphatic carbocycles. The van der Waals surface area contributed by atoms with Gasteiger partial charge in [0.15, 0.2) is 0 Å². The predicted octanol–water partition coefficient (Wildman–Crippen LogP) is 2.12. The van der Waals surface area contributed by atoms with Crippen LogP contribution in [-0.2, 0) is 16.6 Å². The third kappa shape index (κ3) is 5.46. The Morgan fingerprint density at radius 2 is 0.938 bits per heavy atom. The van der Waals surface area contributed by atoms with Gasteiger partial charge in [0.25, 0.3) is 0 Å². The van der Waals surface area contributed by atoms with Crippen LogP contribution in [0.5, 0.6) is 0 Å². The van der Waals surface area contributed by atoms with E-state index in [4.69, 9.17) is 0 Å². The number of hydrogen-bond donors (Lipinski definition) is 0. The third-order valence-corrected chi connectivity index (χ3v) is 3.63. The molecule has 32 heavy (non-hydrogen) atoms. The van der Waals surface area contributed by atoms with Crippen molar-refractivity contribution in [2.45, 2.75) is 78.9 Å². The van der Waals surface area contributed by atoms with Crippen LogP contribution in [0.25, 0.3) is 0 Å². The van der Waals surface area contributed by atoms with Crippen LogP contribution in [-0.4, -0.2) is 60.6 Å². The van der Waals surface area contributed by atoms with E-state index in [0.29, 0.717) is 0 Å². The highest BCUT2D eigenvalue weighted by Gasteiger charge is 2.22. The molecule has 0 aliphatic heterocycles. The summed E-state index contributed by atoms with van der Waals surface area (Å²) in [6.07, 6.45) is 0. The van der Waals surface area contributed by atoms with E-state index in [0.717, 1.165) is 5.12 Å². The van der Waals surface area contributed by atoms with Gasteiger partial charge < -0.3 is 0 Å². The molecule has 0 spiro atoms. The molecule has 3 aromatic rings. The molecule has 172 valence electrons. The molecule has 17 nitrogen and oxygen atoms in total. The molecule has 0 amide bonds. The van der Waals surface area contributed by atoms with Crippen molar-refractivity contribution in [2.24, 2.45) is 20.7 Å². The van der Waals surface area contributed by atoms with Crippen molar-refractivity contribution in [1.29, 1.82) is 0 Å². The molecule has 0 aliphatic rings. The molecule has 0 saturated carbocycles. The predicted molar refractivity (Wildman–Crippen MR) is 110 cm³/mol. The highest BCUT2D eigenvalue weighted by atomic mass is 15.8. The van der Waals surface area contributed by atoms with Gasteiger partial charge in [-0.1, -0.05) is 30.6 Å². The zero-order chi connectivity index (χ0) is 23.7. The summed E-state index contributed by atoms with van der Waals surface area (Å²) in [6.45, 7) is 17.4. The lowest BCUT2D eigenvalue weighted by Crippen LogP contribution is -2.25. The summed E-state index contributed by atoms with van der Waals surface area (Å²) < 4.78 is 0. The summed E-state index contributed by atoms with van der Waals surface area (Å²) in [4.78, 5) is 4.27. The van der Waals surface area contributed by atoms with E-state index in [1.165, 1.54) is 14.4 Å². The summed E-state index contributed by atoms with van der Waals surface area (Å²) in [6, 6.07) is 0. The Morgan fingerprint density at radius 3 is 1.28 bits per heavy atom. The van der Waals surface area contributed by atoms with Gasteiger partial charge in [-0.3, -0.25) is 0 Å². The van der Waals surface area contributed by atoms with Crippen molar-refractivity contribution in [2.75, 3.05) is 5.12 Å². The number of rotatable bonds is 5. The number of anilines is 1. The quantitative estimate of drug-likeness (QED) is 0.416. The number of aromatic nitrogens is 12. The lowest BCUT2D eigenvalue weighted by Gasteiger charge is -2.15. The van der Waals surface area contributed by atoms with Crippen LogP contribution < -0.4 is 5.12 Å². The third-order valence-electron chi connectivity index (χ3n) is 3.63. The van der Waals surface area contributed by atoms with Crippen LogP contribution in [0.1, 0.15) is 62.3 Å². The number of nitrogens with zero attached hydrogens (tertiary/aromatic N) is 17. The smallest absolute Gasteiger partial charge is 0.157 e. The first-order chi connectivity index (χ1) is 14.7. The SMILES string of the molecule is CC(C)(C)n1nnc(/N=N/N(/N=N/c2nnn(C(C)(C)C)n2)c2nnn(C(C)(C)C)n2)n1. The van der Waals surface area contributed by atoms with Crippen LogP contribution in [0.4, 0.5) is 17.8 Å². The van der Waals surface area contributed by atoms with E-state index >= 15 is 0 Å². The first-order valence-electron chi connectivity index (χ1n) is 9.78. The van der Waals surface area contributed by atoms with E-state index in [1.54, 1.807) is 0 Å². The van der Waals surface area contributed by atoms with Gasteiger partial charge in [-0.2, -0.15) is 14.4 Å². The van der Waals surface area contributed by atoms with E-state index in [2.05, 4.69) is 66.9 Å². The first kappa shape index (κ1) is 22.9. The van der Waals surface area contributed by atoms with Crippen molar-refractivity contribution >= 4 is 17.8 Å². The molecule has 3 aromatic heterocycles. The van der Waals surface area contributed by atoms with Gasteiger partial charge in [-0.15, -0.1) is 15.3 Å². The van der Waals surface area contributed by atoms with Crippen molar-refractivity contribution in [3.8, 4) is 0 Å². The summed E-state index contributed by atoms with van der Waals surface area (Å²) in [5.41, 5.74) is -1.12. The Morgan fingerprint density at radius 1 is 0.562 bits per heavy atom. The normalized spacial score (nSPS) is 13.5. The molecule has 0 atom stereocenters. The maximum Gasteiger partial charge on any atom is 0.311 e. The van der Waals surface area contributed by atoms with Crippen LogP contribution in [0.15, 0.2) is 20.7 Å². The zero-order valence-electron chi connectivity index (χ0n) is 19.6. The molecule has 0 fully saturated rings. The average Bonchev–Trinajstić information content (AvgIpc) is 3.40. The summed E-state index contributed by atoms with van der Waals surface area (Å²) in [5, 5.41) is 53.1. The number of tetrazole rings is 3. The minimum atomic E-state index is -0.404. The maximum atomic E-state index is 4.28. The summed E-state index contributed by atoms with van der Waals surface area (Å²) >= 11 is 0. The van der Waals surface area contributed by atoms with Crippen LogP contribution in [0.3, 0.4) is 0 Å². The fraction of sp³-hybridized carbons (Fsp3) is 0.800. The van der Waals surface area contributed by atoms with Gasteiger partial charge in [-0.05, 0) is 88.4 Å². The van der Waals surface area contributed by atoms with Crippen molar-refractivity contribution in [3.05, 3.63) is 0 Å². The van der Waals surface area contributed by atoms with Crippen molar-refractivity contribution < 1.29 is 0 Å². The molecule has 3 heterocycles. The lowest BCUT2D eigenvalue weighted by molar-refractivity contribution is 0.306. The average molecular weight is 446 g/mol. The molecule has 0 saturated heterocycles. The fourth-order valence-corrected chi connectivity index (χ4v) is 1.90. The summed E-state index contributed by atoms with van der Waals surface area (Å²) in [7, 11) is 0. The van der Waals surface area contributed by atoms with Crippen LogP contribution in [0.2, 0.25) is 0 Å². The Balaban J connectivity index is 1.90. The molecular formula is C15H27N17. The Bertz CT molecular complexity index is 1030. The monoisotopic (exact) mass is 445 g/mol. The second kappa shape index (κ2) is 8.04. The Kier molecular flexibility index (Phi) is 5.75. The van der Waals surface area contributed by atoms with Crippen LogP contribution in [0, 0.1) is 0 Å². The van der Waals surface area contributed by atoms with E-state index in [-0.39, 0.29) is 28.9 Å². The van der Waals surface area contributed by atoms with Gasteiger partial charge in [0.2, 0.25) is 0 Å². The lowest BCUT2D eigenvalue weighted by atomic mass is 10.1. The van der Waals surface area contributed by atoms with Crippen LogP contribution >= 0.6 is 0 Å². The minimum absolute atomic E-state index is 0.0267. The van der Waals surface area contributed by atoms with E-state index in [9.17, 15) is 0 Å². The molecule has 0 aromatic carbocycles. The van der Waals surface area contributed by atoms with Crippen molar-refractivity contribution in [1.82, 2.24) is 60.6 Å². The highest BCUT2D eigenvalue weighted by molar-refractivity contribution is 5.22. The van der Waals surface area contributed by atoms with Gasteiger partial charge in [-0.25, -0.2) is 0 Å². The molecule has 0 unspecified atom stereocenters. The maximum absolute atomic E-state index is 4.28. The molecular weight excluding hydrogens is 418 g/mol.